The van der Waals surface area contributed by atoms with E-state index in [4.69, 9.17) is 10.5 Å². The van der Waals surface area contributed by atoms with E-state index < -0.39 is 0 Å². The van der Waals surface area contributed by atoms with E-state index >= 15 is 0 Å². The second kappa shape index (κ2) is 4.54. The maximum absolute atomic E-state index is 6.16. The van der Waals surface area contributed by atoms with Crippen LogP contribution in [0.2, 0.25) is 0 Å². The molecule has 20 heavy (non-hydrogen) atoms. The van der Waals surface area contributed by atoms with Gasteiger partial charge in [0, 0.05) is 18.5 Å². The van der Waals surface area contributed by atoms with E-state index in [0.717, 1.165) is 12.2 Å². The molecule has 3 rings (SSSR count). The van der Waals surface area contributed by atoms with Crippen molar-refractivity contribution in [2.75, 3.05) is 13.1 Å². The third-order valence-electron chi connectivity index (χ3n) is 3.90. The van der Waals surface area contributed by atoms with Crippen molar-refractivity contribution in [2.45, 2.75) is 31.9 Å². The standard InChI is InChI=1S/C16H21N3O/c1-4-8-19-13(10-18-15(19)17)12-7-5-6-11-9-16(2,3)20-14(11)12/h4-7,13H,1,8-10H2,2-3H3,(H2,17,18). The summed E-state index contributed by atoms with van der Waals surface area (Å²) in [6, 6.07) is 6.51. The Labute approximate surface area is 119 Å². The number of ether oxygens (including phenoxy) is 1. The van der Waals surface area contributed by atoms with Crippen molar-refractivity contribution >= 4 is 5.96 Å². The highest BCUT2D eigenvalue weighted by Crippen LogP contribution is 2.42. The number of aliphatic imine (C=N–C) groups is 1. The van der Waals surface area contributed by atoms with Crippen LogP contribution in [-0.2, 0) is 6.42 Å². The first-order valence-electron chi connectivity index (χ1n) is 7.00. The van der Waals surface area contributed by atoms with Gasteiger partial charge in [-0.3, -0.25) is 4.99 Å². The fourth-order valence-corrected chi connectivity index (χ4v) is 3.06. The lowest BCUT2D eigenvalue weighted by Crippen LogP contribution is -2.36. The van der Waals surface area contributed by atoms with E-state index in [1.807, 2.05) is 6.08 Å². The zero-order chi connectivity index (χ0) is 14.3. The predicted molar refractivity (Wildman–Crippen MR) is 81.0 cm³/mol. The quantitative estimate of drug-likeness (QED) is 0.858. The molecule has 1 unspecified atom stereocenters. The highest BCUT2D eigenvalue weighted by atomic mass is 16.5. The molecule has 0 saturated carbocycles. The summed E-state index contributed by atoms with van der Waals surface area (Å²) in [5, 5.41) is 0. The number of rotatable bonds is 3. The number of guanidine groups is 1. The van der Waals surface area contributed by atoms with Gasteiger partial charge in [-0.25, -0.2) is 0 Å². The zero-order valence-electron chi connectivity index (χ0n) is 12.1. The molecule has 0 saturated heterocycles. The van der Waals surface area contributed by atoms with Crippen LogP contribution in [-0.4, -0.2) is 29.6 Å². The summed E-state index contributed by atoms with van der Waals surface area (Å²) in [6.45, 7) is 9.43. The van der Waals surface area contributed by atoms with Crippen LogP contribution < -0.4 is 10.5 Å². The van der Waals surface area contributed by atoms with Crippen molar-refractivity contribution in [1.29, 1.82) is 0 Å². The fraction of sp³-hybridized carbons (Fsp3) is 0.438. The van der Waals surface area contributed by atoms with Crippen molar-refractivity contribution in [3.05, 3.63) is 42.0 Å². The smallest absolute Gasteiger partial charge is 0.192 e. The van der Waals surface area contributed by atoms with Crippen molar-refractivity contribution in [1.82, 2.24) is 4.90 Å². The Morgan fingerprint density at radius 3 is 3.10 bits per heavy atom. The molecule has 1 aromatic rings. The van der Waals surface area contributed by atoms with Gasteiger partial charge in [-0.1, -0.05) is 24.3 Å². The predicted octanol–water partition coefficient (Wildman–Crippen LogP) is 2.26. The molecule has 106 valence electrons. The van der Waals surface area contributed by atoms with Crippen LogP contribution in [0.4, 0.5) is 0 Å². The summed E-state index contributed by atoms with van der Waals surface area (Å²) in [5.74, 6) is 1.60. The van der Waals surface area contributed by atoms with E-state index in [2.05, 4.69) is 48.5 Å². The lowest BCUT2D eigenvalue weighted by molar-refractivity contribution is 0.135. The Hall–Kier alpha value is -1.97. The van der Waals surface area contributed by atoms with Gasteiger partial charge in [0.25, 0.3) is 0 Å². The average Bonchev–Trinajstić information content (AvgIpc) is 2.89. The van der Waals surface area contributed by atoms with Crippen molar-refractivity contribution in [3.63, 3.8) is 0 Å². The van der Waals surface area contributed by atoms with Crippen LogP contribution in [0.3, 0.4) is 0 Å². The summed E-state index contributed by atoms with van der Waals surface area (Å²) in [6.07, 6.45) is 2.80. The highest BCUT2D eigenvalue weighted by molar-refractivity contribution is 5.80. The van der Waals surface area contributed by atoms with E-state index in [1.54, 1.807) is 0 Å². The maximum atomic E-state index is 6.16. The van der Waals surface area contributed by atoms with Gasteiger partial charge in [0.05, 0.1) is 12.6 Å². The molecule has 0 aromatic heterocycles. The van der Waals surface area contributed by atoms with E-state index in [1.165, 1.54) is 11.1 Å². The van der Waals surface area contributed by atoms with Gasteiger partial charge >= 0.3 is 0 Å². The van der Waals surface area contributed by atoms with Gasteiger partial charge in [0.1, 0.15) is 11.4 Å². The van der Waals surface area contributed by atoms with Crippen LogP contribution in [0.15, 0.2) is 35.8 Å². The molecule has 2 aliphatic rings. The minimum Gasteiger partial charge on any atom is -0.487 e. The summed E-state index contributed by atoms with van der Waals surface area (Å²) in [5.41, 5.74) is 8.30. The van der Waals surface area contributed by atoms with E-state index in [9.17, 15) is 0 Å². The molecule has 0 spiro atoms. The van der Waals surface area contributed by atoms with Crippen molar-refractivity contribution in [3.8, 4) is 5.75 Å². The number of hydrogen-bond donors (Lipinski definition) is 1. The Balaban J connectivity index is 1.97. The number of nitrogens with two attached hydrogens (primary N) is 1. The van der Waals surface area contributed by atoms with Gasteiger partial charge in [0.2, 0.25) is 0 Å². The van der Waals surface area contributed by atoms with Crippen molar-refractivity contribution < 1.29 is 4.74 Å². The Morgan fingerprint density at radius 2 is 2.35 bits per heavy atom. The second-order valence-corrected chi connectivity index (χ2v) is 6.03. The van der Waals surface area contributed by atoms with Crippen molar-refractivity contribution in [2.24, 2.45) is 10.7 Å². The van der Waals surface area contributed by atoms with Gasteiger partial charge < -0.3 is 15.4 Å². The molecular formula is C16H21N3O. The topological polar surface area (TPSA) is 50.8 Å². The number of nitrogens with zero attached hydrogens (tertiary/aromatic N) is 2. The molecule has 4 nitrogen and oxygen atoms in total. The monoisotopic (exact) mass is 271 g/mol. The molecule has 1 aromatic carbocycles. The highest BCUT2D eigenvalue weighted by Gasteiger charge is 2.36. The molecular weight excluding hydrogens is 250 g/mol. The van der Waals surface area contributed by atoms with Crippen LogP contribution in [0.5, 0.6) is 5.75 Å². The second-order valence-electron chi connectivity index (χ2n) is 6.03. The molecule has 0 bridgehead atoms. The maximum Gasteiger partial charge on any atom is 0.192 e. The molecule has 0 amide bonds. The molecule has 2 aliphatic heterocycles. The van der Waals surface area contributed by atoms with Gasteiger partial charge in [-0.15, -0.1) is 6.58 Å². The van der Waals surface area contributed by atoms with Gasteiger partial charge in [-0.2, -0.15) is 0 Å². The Bertz CT molecular complexity index is 577. The normalized spacial score (nSPS) is 23.2. The first kappa shape index (κ1) is 13.0. The molecule has 2 N–H and O–H groups in total. The van der Waals surface area contributed by atoms with Crippen LogP contribution in [0.25, 0.3) is 0 Å². The summed E-state index contributed by atoms with van der Waals surface area (Å²) in [7, 11) is 0. The molecule has 1 atom stereocenters. The van der Waals surface area contributed by atoms with Gasteiger partial charge in [0.15, 0.2) is 5.96 Å². The minimum atomic E-state index is -0.132. The molecule has 4 heteroatoms. The number of hydrogen-bond acceptors (Lipinski definition) is 4. The fourth-order valence-electron chi connectivity index (χ4n) is 3.06. The number of para-hydroxylation sites is 1. The van der Waals surface area contributed by atoms with E-state index in [-0.39, 0.29) is 11.6 Å². The zero-order valence-corrected chi connectivity index (χ0v) is 12.1. The van der Waals surface area contributed by atoms with Crippen LogP contribution in [0.1, 0.15) is 31.0 Å². The lowest BCUT2D eigenvalue weighted by atomic mass is 9.98. The molecule has 2 heterocycles. The van der Waals surface area contributed by atoms with E-state index in [0.29, 0.717) is 19.0 Å². The van der Waals surface area contributed by atoms with Crippen LogP contribution in [0, 0.1) is 0 Å². The average molecular weight is 271 g/mol. The summed E-state index contributed by atoms with van der Waals surface area (Å²) >= 11 is 0. The first-order chi connectivity index (χ1) is 9.52. The van der Waals surface area contributed by atoms with Gasteiger partial charge in [-0.05, 0) is 19.4 Å². The molecule has 0 radical (unpaired) electrons. The number of fused-ring (bicyclic) bond motifs is 1. The summed E-state index contributed by atoms with van der Waals surface area (Å²) < 4.78 is 6.16. The lowest BCUT2D eigenvalue weighted by Gasteiger charge is -2.27. The first-order valence-corrected chi connectivity index (χ1v) is 7.00. The third kappa shape index (κ3) is 2.05. The SMILES string of the molecule is C=CCN1C(N)=NCC1c1cccc2c1OC(C)(C)C2. The number of benzene rings is 1. The molecule has 0 fully saturated rings. The third-order valence-corrected chi connectivity index (χ3v) is 3.90. The largest absolute Gasteiger partial charge is 0.487 e. The Kier molecular flexibility index (Phi) is 2.96. The summed E-state index contributed by atoms with van der Waals surface area (Å²) in [4.78, 5) is 6.45. The molecule has 0 aliphatic carbocycles. The minimum absolute atomic E-state index is 0.132. The Morgan fingerprint density at radius 1 is 1.55 bits per heavy atom. The van der Waals surface area contributed by atoms with Crippen LogP contribution >= 0.6 is 0 Å².